The number of para-hydroxylation sites is 1. The summed E-state index contributed by atoms with van der Waals surface area (Å²) in [6.07, 6.45) is 4.53. The highest BCUT2D eigenvalue weighted by Crippen LogP contribution is 2.30. The molecule has 1 aliphatic carbocycles. The third kappa shape index (κ3) is 4.11. The summed E-state index contributed by atoms with van der Waals surface area (Å²) < 4.78 is 2.04. The number of aromatic nitrogens is 2. The monoisotopic (exact) mass is 409 g/mol. The van der Waals surface area contributed by atoms with Crippen LogP contribution in [0.3, 0.4) is 0 Å². The Hall–Kier alpha value is -3.40. The summed E-state index contributed by atoms with van der Waals surface area (Å²) in [5, 5.41) is 9.30. The lowest BCUT2D eigenvalue weighted by molar-refractivity contribution is -0.122. The lowest BCUT2D eigenvalue weighted by Gasteiger charge is -2.26. The summed E-state index contributed by atoms with van der Waals surface area (Å²) >= 11 is 0. The molecule has 4 aromatic rings. The zero-order valence-electron chi connectivity index (χ0n) is 17.6. The molecule has 1 amide bonds. The third-order valence-electron chi connectivity index (χ3n) is 6.18. The molecule has 1 aliphatic rings. The molecule has 1 N–H and O–H groups in total. The van der Waals surface area contributed by atoms with E-state index in [0.29, 0.717) is 6.42 Å². The van der Waals surface area contributed by atoms with Gasteiger partial charge in [-0.3, -0.25) is 9.48 Å². The quantitative estimate of drug-likeness (QED) is 0.445. The van der Waals surface area contributed by atoms with Gasteiger partial charge in [0.2, 0.25) is 5.91 Å². The summed E-state index contributed by atoms with van der Waals surface area (Å²) in [6, 6.07) is 27.2. The third-order valence-corrected chi connectivity index (χ3v) is 6.18. The highest BCUT2D eigenvalue weighted by molar-refractivity contribution is 5.93. The number of carbonyl (C=O) groups excluding carboxylic acids is 1. The predicted octanol–water partition coefficient (Wildman–Crippen LogP) is 5.68. The number of amides is 1. The van der Waals surface area contributed by atoms with Crippen molar-refractivity contribution in [3.05, 3.63) is 90.0 Å². The maximum atomic E-state index is 12.7. The number of rotatable bonds is 6. The van der Waals surface area contributed by atoms with Crippen LogP contribution in [0.15, 0.2) is 78.9 Å². The smallest absolute Gasteiger partial charge is 0.220 e. The molecule has 1 atom stereocenters. The maximum Gasteiger partial charge on any atom is 0.220 e. The molecule has 0 saturated heterocycles. The molecule has 156 valence electrons. The molecule has 4 nitrogen and oxygen atoms in total. The molecule has 0 aliphatic heterocycles. The van der Waals surface area contributed by atoms with Crippen LogP contribution in [0, 0.1) is 0 Å². The number of fused-ring (bicyclic) bond motifs is 2. The molecule has 1 unspecified atom stereocenters. The van der Waals surface area contributed by atoms with Crippen molar-refractivity contribution >= 4 is 16.8 Å². The first kappa shape index (κ1) is 19.6. The summed E-state index contributed by atoms with van der Waals surface area (Å²) in [5.41, 5.74) is 5.89. The number of carbonyl (C=O) groups is 1. The van der Waals surface area contributed by atoms with E-state index in [2.05, 4.69) is 59.9 Å². The Morgan fingerprint density at radius 2 is 1.74 bits per heavy atom. The van der Waals surface area contributed by atoms with E-state index in [9.17, 15) is 4.79 Å². The van der Waals surface area contributed by atoms with E-state index in [0.717, 1.165) is 54.4 Å². The van der Waals surface area contributed by atoms with Gasteiger partial charge in [-0.05, 0) is 42.9 Å². The zero-order valence-corrected chi connectivity index (χ0v) is 17.6. The molecular weight excluding hydrogens is 382 g/mol. The number of aryl methyl sites for hydroxylation is 2. The van der Waals surface area contributed by atoms with Crippen molar-refractivity contribution in [2.24, 2.45) is 0 Å². The van der Waals surface area contributed by atoms with Crippen LogP contribution < -0.4 is 5.32 Å². The highest BCUT2D eigenvalue weighted by atomic mass is 16.1. The van der Waals surface area contributed by atoms with Crippen molar-refractivity contribution in [3.8, 4) is 11.3 Å². The van der Waals surface area contributed by atoms with Gasteiger partial charge in [0.05, 0.1) is 11.6 Å². The molecule has 1 aromatic heterocycles. The fraction of sp³-hybridized carbons (Fsp3) is 0.259. The summed E-state index contributed by atoms with van der Waals surface area (Å²) in [4.78, 5) is 12.7. The molecule has 0 fully saturated rings. The average molecular weight is 410 g/mol. The second-order valence-electron chi connectivity index (χ2n) is 8.27. The van der Waals surface area contributed by atoms with Crippen LogP contribution in [-0.2, 0) is 17.8 Å². The average Bonchev–Trinajstić information content (AvgIpc) is 3.19. The zero-order chi connectivity index (χ0) is 21.0. The second-order valence-corrected chi connectivity index (χ2v) is 8.27. The first-order valence-electron chi connectivity index (χ1n) is 11.2. The minimum Gasteiger partial charge on any atom is -0.349 e. The molecule has 5 rings (SSSR count). The van der Waals surface area contributed by atoms with Gasteiger partial charge in [0, 0.05) is 23.9 Å². The van der Waals surface area contributed by atoms with Gasteiger partial charge in [0.1, 0.15) is 5.69 Å². The summed E-state index contributed by atoms with van der Waals surface area (Å²) in [7, 11) is 0. The summed E-state index contributed by atoms with van der Waals surface area (Å²) in [5.74, 6) is 0.126. The SMILES string of the molecule is O=C(CCCn1nc(-c2ccccc2)c2ccccc21)NC1CCCc2ccccc21. The predicted molar refractivity (Wildman–Crippen MR) is 125 cm³/mol. The molecule has 0 radical (unpaired) electrons. The lowest BCUT2D eigenvalue weighted by Crippen LogP contribution is -2.30. The number of nitrogens with one attached hydrogen (secondary N) is 1. The van der Waals surface area contributed by atoms with E-state index in [-0.39, 0.29) is 11.9 Å². The Morgan fingerprint density at radius 1 is 0.968 bits per heavy atom. The van der Waals surface area contributed by atoms with Gasteiger partial charge in [0.15, 0.2) is 0 Å². The van der Waals surface area contributed by atoms with E-state index in [1.54, 1.807) is 0 Å². The van der Waals surface area contributed by atoms with Gasteiger partial charge in [0.25, 0.3) is 0 Å². The number of hydrogen-bond donors (Lipinski definition) is 1. The van der Waals surface area contributed by atoms with Crippen molar-refractivity contribution < 1.29 is 4.79 Å². The van der Waals surface area contributed by atoms with Crippen molar-refractivity contribution in [1.29, 1.82) is 0 Å². The van der Waals surface area contributed by atoms with Crippen LogP contribution >= 0.6 is 0 Å². The van der Waals surface area contributed by atoms with Gasteiger partial charge in [-0.15, -0.1) is 0 Å². The van der Waals surface area contributed by atoms with Crippen LogP contribution in [0.1, 0.15) is 42.9 Å². The molecule has 4 heteroatoms. The van der Waals surface area contributed by atoms with E-state index in [1.807, 2.05) is 28.9 Å². The molecule has 0 saturated carbocycles. The van der Waals surface area contributed by atoms with Crippen molar-refractivity contribution in [2.45, 2.75) is 44.7 Å². The van der Waals surface area contributed by atoms with Gasteiger partial charge >= 0.3 is 0 Å². The first-order valence-corrected chi connectivity index (χ1v) is 11.2. The Kier molecular flexibility index (Phi) is 5.53. The van der Waals surface area contributed by atoms with Gasteiger partial charge in [-0.1, -0.05) is 72.8 Å². The van der Waals surface area contributed by atoms with Crippen molar-refractivity contribution in [3.63, 3.8) is 0 Å². The Labute approximate surface area is 182 Å². The summed E-state index contributed by atoms with van der Waals surface area (Å²) in [6.45, 7) is 0.724. The van der Waals surface area contributed by atoms with Crippen LogP contribution in [-0.4, -0.2) is 15.7 Å². The normalized spacial score (nSPS) is 15.5. The van der Waals surface area contributed by atoms with Gasteiger partial charge in [-0.25, -0.2) is 0 Å². The fourth-order valence-electron chi connectivity index (χ4n) is 4.67. The minimum absolute atomic E-state index is 0.126. The van der Waals surface area contributed by atoms with Crippen LogP contribution in [0.2, 0.25) is 0 Å². The van der Waals surface area contributed by atoms with Crippen LogP contribution in [0.4, 0.5) is 0 Å². The Bertz CT molecular complexity index is 1200. The standard InChI is InChI=1S/C27H27N3O/c31-26(28-24-16-8-13-20-10-4-5-14-22(20)24)18-9-19-30-25-17-7-6-15-23(25)27(29-30)21-11-2-1-3-12-21/h1-7,10-12,14-15,17,24H,8-9,13,16,18-19H2,(H,28,31). The first-order chi connectivity index (χ1) is 15.3. The van der Waals surface area contributed by atoms with E-state index >= 15 is 0 Å². The molecule has 0 spiro atoms. The van der Waals surface area contributed by atoms with Crippen LogP contribution in [0.25, 0.3) is 22.2 Å². The molecule has 1 heterocycles. The largest absolute Gasteiger partial charge is 0.349 e. The number of nitrogens with zero attached hydrogens (tertiary/aromatic N) is 2. The maximum absolute atomic E-state index is 12.7. The van der Waals surface area contributed by atoms with E-state index in [1.165, 1.54) is 11.1 Å². The molecule has 31 heavy (non-hydrogen) atoms. The highest BCUT2D eigenvalue weighted by Gasteiger charge is 2.21. The molecular formula is C27H27N3O. The minimum atomic E-state index is 0.126. The molecule has 3 aromatic carbocycles. The van der Waals surface area contributed by atoms with Gasteiger partial charge in [-0.2, -0.15) is 5.10 Å². The van der Waals surface area contributed by atoms with Crippen molar-refractivity contribution in [1.82, 2.24) is 15.1 Å². The lowest BCUT2D eigenvalue weighted by atomic mass is 9.87. The van der Waals surface area contributed by atoms with Gasteiger partial charge < -0.3 is 5.32 Å². The van der Waals surface area contributed by atoms with E-state index in [4.69, 9.17) is 5.10 Å². The number of benzene rings is 3. The Balaban J connectivity index is 1.26. The van der Waals surface area contributed by atoms with Crippen molar-refractivity contribution in [2.75, 3.05) is 0 Å². The van der Waals surface area contributed by atoms with E-state index < -0.39 is 0 Å². The molecule has 0 bridgehead atoms. The second kappa shape index (κ2) is 8.76. The number of hydrogen-bond acceptors (Lipinski definition) is 2. The van der Waals surface area contributed by atoms with Crippen LogP contribution in [0.5, 0.6) is 0 Å². The topological polar surface area (TPSA) is 46.9 Å². The fourth-order valence-corrected chi connectivity index (χ4v) is 4.67. The Morgan fingerprint density at radius 3 is 2.65 bits per heavy atom.